The predicted molar refractivity (Wildman–Crippen MR) is 79.0 cm³/mol. The van der Waals surface area contributed by atoms with Gasteiger partial charge in [0.15, 0.2) is 0 Å². The Labute approximate surface area is 128 Å². The fourth-order valence-corrected chi connectivity index (χ4v) is 3.79. The zero-order chi connectivity index (χ0) is 15.7. The number of nitrogens with two attached hydrogens (primary N) is 1. The van der Waals surface area contributed by atoms with E-state index in [1.54, 1.807) is 30.5 Å². The van der Waals surface area contributed by atoms with Gasteiger partial charge in [0.2, 0.25) is 15.3 Å². The van der Waals surface area contributed by atoms with Crippen molar-refractivity contribution in [3.8, 4) is 0 Å². The molecule has 2 N–H and O–H groups in total. The van der Waals surface area contributed by atoms with E-state index >= 15 is 0 Å². The van der Waals surface area contributed by atoms with Crippen LogP contribution in [0.5, 0.6) is 0 Å². The zero-order valence-electron chi connectivity index (χ0n) is 12.2. The summed E-state index contributed by atoms with van der Waals surface area (Å²) in [5.41, 5.74) is 6.52. The van der Waals surface area contributed by atoms with Crippen LogP contribution in [0.2, 0.25) is 0 Å². The third kappa shape index (κ3) is 2.77. The highest BCUT2D eigenvalue weighted by Gasteiger charge is 2.32. The molecule has 22 heavy (non-hydrogen) atoms. The molecule has 2 heterocycles. The van der Waals surface area contributed by atoms with E-state index in [9.17, 15) is 8.42 Å². The lowest BCUT2D eigenvalue weighted by Gasteiger charge is -2.29. The molecule has 2 aromatic rings. The van der Waals surface area contributed by atoms with Crippen LogP contribution < -0.4 is 15.5 Å². The van der Waals surface area contributed by atoms with Crippen LogP contribution in [0, 0.1) is 6.92 Å². The molecule has 3 rings (SSSR count). The first-order chi connectivity index (χ1) is 10.5. The molecule has 118 valence electrons. The summed E-state index contributed by atoms with van der Waals surface area (Å²) in [5, 5.41) is 5.65. The monoisotopic (exact) mass is 324 g/mol. The van der Waals surface area contributed by atoms with Crippen molar-refractivity contribution >= 4 is 15.9 Å². The van der Waals surface area contributed by atoms with Crippen molar-refractivity contribution in [2.75, 3.05) is 36.9 Å². The number of nitrogens with zero attached hydrogens (tertiary/aromatic N) is 4. The van der Waals surface area contributed by atoms with Crippen LogP contribution in [0.3, 0.4) is 0 Å². The molecular weight excluding hydrogens is 306 g/mol. The van der Waals surface area contributed by atoms with Gasteiger partial charge in [-0.2, -0.15) is 9.31 Å². The van der Waals surface area contributed by atoms with Crippen LogP contribution in [-0.2, 0) is 10.0 Å². The minimum absolute atomic E-state index is 0.217. The molecule has 1 aromatic carbocycles. The van der Waals surface area contributed by atoms with Crippen LogP contribution >= 0.6 is 0 Å². The molecule has 0 aliphatic carbocycles. The first-order valence-electron chi connectivity index (χ1n) is 6.93. The van der Waals surface area contributed by atoms with Gasteiger partial charge in [0, 0.05) is 13.1 Å². The number of aryl methyl sites for hydroxylation is 1. The van der Waals surface area contributed by atoms with E-state index in [-0.39, 0.29) is 5.88 Å². The van der Waals surface area contributed by atoms with E-state index in [0.717, 1.165) is 5.56 Å². The Morgan fingerprint density at radius 1 is 1.18 bits per heavy atom. The lowest BCUT2D eigenvalue weighted by molar-refractivity contribution is -0.759. The number of nitrogen functional groups attached to an aromatic ring is 1. The Balaban J connectivity index is 1.71. The van der Waals surface area contributed by atoms with E-state index in [1.807, 2.05) is 11.9 Å². The second-order valence-corrected chi connectivity index (χ2v) is 7.13. The van der Waals surface area contributed by atoms with Crippen molar-refractivity contribution in [2.24, 2.45) is 0 Å². The lowest BCUT2D eigenvalue weighted by Crippen LogP contribution is -2.65. The molecule has 0 spiro atoms. The van der Waals surface area contributed by atoms with E-state index in [2.05, 4.69) is 5.27 Å². The smallest absolute Gasteiger partial charge is 0.296 e. The maximum Gasteiger partial charge on any atom is 0.296 e. The highest BCUT2D eigenvalue weighted by molar-refractivity contribution is 7.89. The summed E-state index contributed by atoms with van der Waals surface area (Å²) in [6.45, 7) is 3.73. The molecule has 0 saturated carbocycles. The van der Waals surface area contributed by atoms with Gasteiger partial charge in [0.05, 0.1) is 22.8 Å². The molecule has 1 aliphatic rings. The summed E-state index contributed by atoms with van der Waals surface area (Å²) in [6, 6.07) is 6.89. The minimum Gasteiger partial charge on any atom is -0.362 e. The Morgan fingerprint density at radius 3 is 2.36 bits per heavy atom. The van der Waals surface area contributed by atoms with E-state index in [4.69, 9.17) is 10.3 Å². The third-order valence-corrected chi connectivity index (χ3v) is 5.55. The second kappa shape index (κ2) is 5.58. The Hall–Kier alpha value is -2.13. The van der Waals surface area contributed by atoms with E-state index < -0.39 is 10.0 Å². The standard InChI is InChI=1S/C13H18N5O3S/c1-11-2-4-12(5-3-11)22(19,20)17-8-6-16(7-9-17)18-10-13(14)21-15-18/h2-5,10H,6-9,14H2,1H3/q+1. The molecule has 9 heteroatoms. The third-order valence-electron chi connectivity index (χ3n) is 3.64. The van der Waals surface area contributed by atoms with Gasteiger partial charge in [-0.05, 0) is 19.1 Å². The molecule has 1 saturated heterocycles. The maximum absolute atomic E-state index is 12.6. The van der Waals surface area contributed by atoms with Gasteiger partial charge in [0.25, 0.3) is 12.1 Å². The number of aromatic nitrogens is 2. The van der Waals surface area contributed by atoms with Gasteiger partial charge in [-0.25, -0.2) is 8.42 Å². The van der Waals surface area contributed by atoms with Crippen molar-refractivity contribution in [1.82, 2.24) is 9.58 Å². The summed E-state index contributed by atoms with van der Waals surface area (Å²) >= 11 is 0. The van der Waals surface area contributed by atoms with Crippen LogP contribution in [0.1, 0.15) is 5.56 Å². The van der Waals surface area contributed by atoms with Gasteiger partial charge in [-0.1, -0.05) is 17.7 Å². The number of anilines is 1. The molecule has 1 aromatic heterocycles. The summed E-state index contributed by atoms with van der Waals surface area (Å²) in [6.07, 6.45) is 1.56. The molecule has 0 atom stereocenters. The van der Waals surface area contributed by atoms with Crippen LogP contribution in [0.4, 0.5) is 5.88 Å². The number of sulfonamides is 1. The number of piperazine rings is 1. The number of rotatable bonds is 3. The summed E-state index contributed by atoms with van der Waals surface area (Å²) in [5.74, 6) is 0.217. The highest BCUT2D eigenvalue weighted by atomic mass is 32.2. The fraction of sp³-hybridized carbons (Fsp3) is 0.385. The highest BCUT2D eigenvalue weighted by Crippen LogP contribution is 2.17. The number of hydrogen-bond donors (Lipinski definition) is 1. The fourth-order valence-electron chi connectivity index (χ4n) is 2.37. The number of benzene rings is 1. The summed E-state index contributed by atoms with van der Waals surface area (Å²) in [4.78, 5) is 1.83. The molecule has 0 bridgehead atoms. The van der Waals surface area contributed by atoms with Gasteiger partial charge < -0.3 is 5.73 Å². The van der Waals surface area contributed by atoms with Crippen molar-refractivity contribution in [1.29, 1.82) is 0 Å². The van der Waals surface area contributed by atoms with Crippen molar-refractivity contribution in [3.63, 3.8) is 0 Å². The van der Waals surface area contributed by atoms with Crippen LogP contribution in [-0.4, -0.2) is 44.2 Å². The van der Waals surface area contributed by atoms with Gasteiger partial charge in [0.1, 0.15) is 0 Å². The first kappa shape index (κ1) is 14.8. The largest absolute Gasteiger partial charge is 0.362 e. The van der Waals surface area contributed by atoms with E-state index in [1.165, 1.54) is 9.10 Å². The van der Waals surface area contributed by atoms with Gasteiger partial charge >= 0.3 is 0 Å². The Morgan fingerprint density at radius 2 is 1.82 bits per heavy atom. The predicted octanol–water partition coefficient (Wildman–Crippen LogP) is -0.505. The average Bonchev–Trinajstić information content (AvgIpc) is 2.94. The van der Waals surface area contributed by atoms with Crippen molar-refractivity contribution < 1.29 is 17.7 Å². The average molecular weight is 324 g/mol. The first-order valence-corrected chi connectivity index (χ1v) is 8.37. The van der Waals surface area contributed by atoms with Crippen LogP contribution in [0.15, 0.2) is 39.9 Å². The molecule has 0 unspecified atom stereocenters. The second-order valence-electron chi connectivity index (χ2n) is 5.20. The summed E-state index contributed by atoms with van der Waals surface area (Å²) in [7, 11) is -3.45. The van der Waals surface area contributed by atoms with E-state index in [0.29, 0.717) is 31.1 Å². The molecule has 0 radical (unpaired) electrons. The number of hydrogen-bond acceptors (Lipinski definition) is 6. The minimum atomic E-state index is -3.45. The van der Waals surface area contributed by atoms with Crippen molar-refractivity contribution in [2.45, 2.75) is 11.8 Å². The SMILES string of the molecule is Cc1ccc(S(=O)(=O)N2CCN([n+]3cc(N)on3)CC2)cc1. The molecule has 8 nitrogen and oxygen atoms in total. The molecule has 0 amide bonds. The molecule has 1 fully saturated rings. The summed E-state index contributed by atoms with van der Waals surface area (Å²) < 4.78 is 31.5. The van der Waals surface area contributed by atoms with Crippen molar-refractivity contribution in [3.05, 3.63) is 36.0 Å². The normalized spacial score (nSPS) is 16.9. The Kier molecular flexibility index (Phi) is 3.75. The van der Waals surface area contributed by atoms with Gasteiger partial charge in [-0.15, -0.1) is 0 Å². The van der Waals surface area contributed by atoms with Gasteiger partial charge in [-0.3, -0.25) is 4.52 Å². The molecule has 1 aliphatic heterocycles. The Bertz CT molecular complexity index is 748. The van der Waals surface area contributed by atoms with Crippen LogP contribution in [0.25, 0.3) is 0 Å². The quantitative estimate of drug-likeness (QED) is 0.764. The lowest BCUT2D eigenvalue weighted by atomic mass is 10.2. The maximum atomic E-state index is 12.6. The zero-order valence-corrected chi connectivity index (χ0v) is 13.0. The molecular formula is C13H18N5O3S+. The topological polar surface area (TPSA) is 96.6 Å².